The van der Waals surface area contributed by atoms with Crippen molar-refractivity contribution in [1.29, 1.82) is 0 Å². The molecular formula is C17H15N3OS. The van der Waals surface area contributed by atoms with E-state index < -0.39 is 0 Å². The fourth-order valence-electron chi connectivity index (χ4n) is 2.41. The Hall–Kier alpha value is -2.14. The molecule has 0 saturated heterocycles. The number of hydrogen-bond donors (Lipinski definition) is 1. The van der Waals surface area contributed by atoms with E-state index in [1.807, 2.05) is 30.3 Å². The van der Waals surface area contributed by atoms with Gasteiger partial charge in [-0.1, -0.05) is 30.0 Å². The van der Waals surface area contributed by atoms with Crippen molar-refractivity contribution in [2.24, 2.45) is 0 Å². The molecule has 4 rings (SSSR count). The number of nitrogens with one attached hydrogen (secondary N) is 1. The highest BCUT2D eigenvalue weighted by Gasteiger charge is 2.27. The number of aromatic nitrogens is 3. The zero-order valence-corrected chi connectivity index (χ0v) is 12.8. The van der Waals surface area contributed by atoms with E-state index in [4.69, 9.17) is 4.98 Å². The van der Waals surface area contributed by atoms with Gasteiger partial charge in [-0.3, -0.25) is 4.79 Å². The number of aromatic amines is 1. The molecule has 1 N–H and O–H groups in total. The molecule has 1 fully saturated rings. The number of nitrogens with zero attached hydrogens (tertiary/aromatic N) is 2. The van der Waals surface area contributed by atoms with Crippen molar-refractivity contribution in [2.45, 2.75) is 23.8 Å². The van der Waals surface area contributed by atoms with Gasteiger partial charge in [-0.05, 0) is 31.0 Å². The van der Waals surface area contributed by atoms with E-state index in [-0.39, 0.29) is 5.78 Å². The van der Waals surface area contributed by atoms with E-state index in [0.29, 0.717) is 17.4 Å². The van der Waals surface area contributed by atoms with Crippen LogP contribution in [0, 0.1) is 0 Å². The number of thioether (sulfide) groups is 1. The molecular weight excluding hydrogens is 294 g/mol. The fourth-order valence-corrected chi connectivity index (χ4v) is 3.32. The van der Waals surface area contributed by atoms with Crippen molar-refractivity contribution >= 4 is 28.4 Å². The molecule has 1 saturated carbocycles. The van der Waals surface area contributed by atoms with E-state index in [0.717, 1.165) is 21.8 Å². The predicted molar refractivity (Wildman–Crippen MR) is 87.4 cm³/mol. The van der Waals surface area contributed by atoms with Gasteiger partial charge in [0.25, 0.3) is 0 Å². The van der Waals surface area contributed by atoms with Crippen molar-refractivity contribution in [3.8, 4) is 0 Å². The molecule has 1 aliphatic carbocycles. The van der Waals surface area contributed by atoms with Crippen LogP contribution >= 0.6 is 11.8 Å². The number of fused-ring (bicyclic) bond motifs is 1. The molecule has 1 aromatic carbocycles. The maximum atomic E-state index is 12.2. The van der Waals surface area contributed by atoms with Crippen molar-refractivity contribution in [2.75, 3.05) is 5.75 Å². The van der Waals surface area contributed by atoms with Gasteiger partial charge in [0.05, 0.1) is 17.0 Å². The number of para-hydroxylation sites is 1. The van der Waals surface area contributed by atoms with Gasteiger partial charge < -0.3 is 4.98 Å². The second kappa shape index (κ2) is 5.57. The Kier molecular flexibility index (Phi) is 3.42. The summed E-state index contributed by atoms with van der Waals surface area (Å²) in [5, 5.41) is 1.93. The van der Waals surface area contributed by atoms with Crippen LogP contribution in [0.4, 0.5) is 0 Å². The van der Waals surface area contributed by atoms with Crippen molar-refractivity contribution < 1.29 is 4.79 Å². The van der Waals surface area contributed by atoms with Crippen LogP contribution in [0.1, 0.15) is 35.1 Å². The number of carbonyl (C=O) groups is 1. The summed E-state index contributed by atoms with van der Waals surface area (Å²) in [5.41, 5.74) is 1.61. The summed E-state index contributed by atoms with van der Waals surface area (Å²) >= 11 is 1.49. The van der Waals surface area contributed by atoms with E-state index >= 15 is 0 Å². The van der Waals surface area contributed by atoms with Crippen LogP contribution in [-0.2, 0) is 0 Å². The number of H-pyrrole nitrogens is 1. The molecule has 0 radical (unpaired) electrons. The second-order valence-corrected chi connectivity index (χ2v) is 6.44. The van der Waals surface area contributed by atoms with E-state index in [2.05, 4.69) is 9.97 Å². The number of rotatable bonds is 5. The van der Waals surface area contributed by atoms with E-state index in [1.54, 1.807) is 12.3 Å². The van der Waals surface area contributed by atoms with Crippen LogP contribution in [0.5, 0.6) is 0 Å². The number of Topliss-reactive ketones (excluding diaryl/α,β-unsaturated/α-hetero) is 1. The van der Waals surface area contributed by atoms with Gasteiger partial charge in [-0.25, -0.2) is 9.97 Å². The SMILES string of the molecule is O=C(CSc1nc(C2CC2)nc2ccccc12)c1ccc[nH]1. The van der Waals surface area contributed by atoms with Gasteiger partial charge in [0.2, 0.25) is 0 Å². The minimum absolute atomic E-state index is 0.0886. The van der Waals surface area contributed by atoms with Crippen molar-refractivity contribution in [3.05, 3.63) is 54.1 Å². The monoisotopic (exact) mass is 309 g/mol. The van der Waals surface area contributed by atoms with Crippen LogP contribution in [-0.4, -0.2) is 26.5 Å². The Labute approximate surface area is 132 Å². The van der Waals surface area contributed by atoms with Crippen LogP contribution in [0.25, 0.3) is 10.9 Å². The molecule has 5 heteroatoms. The Bertz CT molecular complexity index is 825. The summed E-state index contributed by atoms with van der Waals surface area (Å²) in [6.07, 6.45) is 4.11. The third-order valence-electron chi connectivity index (χ3n) is 3.77. The van der Waals surface area contributed by atoms with Crippen molar-refractivity contribution in [1.82, 2.24) is 15.0 Å². The number of hydrogen-bond acceptors (Lipinski definition) is 4. The molecule has 2 heterocycles. The number of carbonyl (C=O) groups excluding carboxylic acids is 1. The number of benzene rings is 1. The molecule has 0 bridgehead atoms. The standard InChI is InChI=1S/C17H15N3OS/c21-15(14-6-3-9-18-14)10-22-17-12-4-1-2-5-13(12)19-16(20-17)11-7-8-11/h1-6,9,11,18H,7-8,10H2. The first-order valence-corrected chi connectivity index (χ1v) is 8.36. The predicted octanol–water partition coefficient (Wildman–Crippen LogP) is 3.81. The lowest BCUT2D eigenvalue weighted by molar-refractivity contribution is 0.101. The first kappa shape index (κ1) is 13.5. The van der Waals surface area contributed by atoms with Crippen LogP contribution in [0.2, 0.25) is 0 Å². The van der Waals surface area contributed by atoms with Crippen LogP contribution in [0.3, 0.4) is 0 Å². The lowest BCUT2D eigenvalue weighted by atomic mass is 10.2. The highest BCUT2D eigenvalue weighted by molar-refractivity contribution is 8.00. The van der Waals surface area contributed by atoms with Crippen LogP contribution < -0.4 is 0 Å². The fraction of sp³-hybridized carbons (Fsp3) is 0.235. The van der Waals surface area contributed by atoms with E-state index in [9.17, 15) is 4.79 Å². The zero-order valence-electron chi connectivity index (χ0n) is 12.0. The molecule has 2 aromatic heterocycles. The Morgan fingerprint density at radius 2 is 2.05 bits per heavy atom. The first-order valence-electron chi connectivity index (χ1n) is 7.37. The highest BCUT2D eigenvalue weighted by Crippen LogP contribution is 2.39. The van der Waals surface area contributed by atoms with Crippen molar-refractivity contribution in [3.63, 3.8) is 0 Å². The summed E-state index contributed by atoms with van der Waals surface area (Å²) in [7, 11) is 0. The molecule has 22 heavy (non-hydrogen) atoms. The van der Waals surface area contributed by atoms with E-state index in [1.165, 1.54) is 24.6 Å². The molecule has 3 aromatic rings. The average Bonchev–Trinajstić information content (AvgIpc) is 3.26. The summed E-state index contributed by atoms with van der Waals surface area (Å²) in [5.74, 6) is 1.90. The third kappa shape index (κ3) is 2.64. The topological polar surface area (TPSA) is 58.6 Å². The van der Waals surface area contributed by atoms with Crippen LogP contribution in [0.15, 0.2) is 47.6 Å². The third-order valence-corrected chi connectivity index (χ3v) is 4.76. The number of ketones is 1. The molecule has 0 aliphatic heterocycles. The van der Waals surface area contributed by atoms with Gasteiger partial charge in [0, 0.05) is 17.5 Å². The quantitative estimate of drug-likeness (QED) is 0.442. The van der Waals surface area contributed by atoms with Gasteiger partial charge in [-0.15, -0.1) is 0 Å². The second-order valence-electron chi connectivity index (χ2n) is 5.47. The Morgan fingerprint density at radius 3 is 2.82 bits per heavy atom. The van der Waals surface area contributed by atoms with Gasteiger partial charge in [0.1, 0.15) is 10.9 Å². The maximum Gasteiger partial charge on any atom is 0.189 e. The molecule has 4 nitrogen and oxygen atoms in total. The zero-order chi connectivity index (χ0) is 14.9. The molecule has 0 spiro atoms. The summed E-state index contributed by atoms with van der Waals surface area (Å²) < 4.78 is 0. The summed E-state index contributed by atoms with van der Waals surface area (Å²) in [6.45, 7) is 0. The lowest BCUT2D eigenvalue weighted by Crippen LogP contribution is -2.04. The first-order chi connectivity index (χ1) is 10.8. The molecule has 0 atom stereocenters. The summed E-state index contributed by atoms with van der Waals surface area (Å²) in [4.78, 5) is 24.5. The summed E-state index contributed by atoms with van der Waals surface area (Å²) in [6, 6.07) is 11.6. The molecule has 110 valence electrons. The normalized spacial score (nSPS) is 14.4. The van der Waals surface area contributed by atoms with Gasteiger partial charge >= 0.3 is 0 Å². The Morgan fingerprint density at radius 1 is 1.18 bits per heavy atom. The van der Waals surface area contributed by atoms with Gasteiger partial charge in [-0.2, -0.15) is 0 Å². The Balaban J connectivity index is 1.63. The minimum Gasteiger partial charge on any atom is -0.359 e. The largest absolute Gasteiger partial charge is 0.359 e. The lowest BCUT2D eigenvalue weighted by Gasteiger charge is -2.07. The maximum absolute atomic E-state index is 12.2. The minimum atomic E-state index is 0.0886. The van der Waals surface area contributed by atoms with Gasteiger partial charge in [0.15, 0.2) is 5.78 Å². The molecule has 0 unspecified atom stereocenters. The highest BCUT2D eigenvalue weighted by atomic mass is 32.2. The molecule has 0 amide bonds. The molecule has 1 aliphatic rings. The smallest absolute Gasteiger partial charge is 0.189 e. The average molecular weight is 309 g/mol.